The molecule has 2 amide bonds. The van der Waals surface area contributed by atoms with E-state index >= 15 is 0 Å². The molecule has 5 nitrogen and oxygen atoms in total. The van der Waals surface area contributed by atoms with Crippen molar-refractivity contribution < 1.29 is 19.1 Å². The molecule has 1 aliphatic rings. The first-order valence-electron chi connectivity index (χ1n) is 6.48. The quantitative estimate of drug-likeness (QED) is 0.617. The maximum atomic E-state index is 12.1. The Hall–Kier alpha value is -2.17. The number of ketones is 1. The van der Waals surface area contributed by atoms with Gasteiger partial charge in [-0.25, -0.2) is 0 Å². The van der Waals surface area contributed by atoms with Crippen LogP contribution in [0.4, 0.5) is 0 Å². The van der Waals surface area contributed by atoms with Crippen molar-refractivity contribution >= 4 is 17.6 Å². The molecule has 1 fully saturated rings. The molecule has 0 saturated carbocycles. The zero-order valence-electron chi connectivity index (χ0n) is 11.8. The van der Waals surface area contributed by atoms with Crippen LogP contribution in [0.15, 0.2) is 24.3 Å². The number of hydrogen-bond acceptors (Lipinski definition) is 4. The summed E-state index contributed by atoms with van der Waals surface area (Å²) in [6.07, 6.45) is 0. The average Bonchev–Trinajstić information content (AvgIpc) is 2.65. The van der Waals surface area contributed by atoms with Gasteiger partial charge in [0.2, 0.25) is 11.8 Å². The monoisotopic (exact) mass is 275 g/mol. The molecule has 0 aliphatic carbocycles. The van der Waals surface area contributed by atoms with E-state index in [0.717, 1.165) is 4.90 Å². The van der Waals surface area contributed by atoms with Crippen molar-refractivity contribution in [3.8, 4) is 5.75 Å². The Kier molecular flexibility index (Phi) is 3.88. The fraction of sp³-hybridized carbons (Fsp3) is 0.400. The lowest BCUT2D eigenvalue weighted by molar-refractivity contribution is -0.139. The molecule has 0 radical (unpaired) electrons. The Balaban J connectivity index is 2.11. The molecule has 2 rings (SSSR count). The molecule has 20 heavy (non-hydrogen) atoms. The van der Waals surface area contributed by atoms with Crippen molar-refractivity contribution in [1.29, 1.82) is 0 Å². The van der Waals surface area contributed by atoms with Crippen molar-refractivity contribution in [2.45, 2.75) is 13.8 Å². The predicted molar refractivity (Wildman–Crippen MR) is 72.4 cm³/mol. The number of methoxy groups -OCH3 is 1. The summed E-state index contributed by atoms with van der Waals surface area (Å²) >= 11 is 0. The van der Waals surface area contributed by atoms with Crippen molar-refractivity contribution in [2.24, 2.45) is 11.8 Å². The van der Waals surface area contributed by atoms with Crippen LogP contribution in [0.5, 0.6) is 5.75 Å². The average molecular weight is 275 g/mol. The lowest BCUT2D eigenvalue weighted by Crippen LogP contribution is -2.35. The third kappa shape index (κ3) is 2.43. The van der Waals surface area contributed by atoms with Crippen molar-refractivity contribution in [3.05, 3.63) is 29.8 Å². The van der Waals surface area contributed by atoms with Crippen LogP contribution in [-0.2, 0) is 9.59 Å². The van der Waals surface area contributed by atoms with Crippen LogP contribution in [0, 0.1) is 11.8 Å². The number of amides is 2. The first-order chi connectivity index (χ1) is 9.45. The fourth-order valence-corrected chi connectivity index (χ4v) is 2.20. The zero-order valence-corrected chi connectivity index (χ0v) is 11.8. The van der Waals surface area contributed by atoms with Gasteiger partial charge in [-0.2, -0.15) is 0 Å². The number of benzene rings is 1. The van der Waals surface area contributed by atoms with Gasteiger partial charge in [0.25, 0.3) is 0 Å². The highest BCUT2D eigenvalue weighted by molar-refractivity contribution is 6.09. The molecular formula is C15H17NO4. The second-order valence-corrected chi connectivity index (χ2v) is 4.99. The Morgan fingerprint density at radius 3 is 2.05 bits per heavy atom. The Labute approximate surface area is 117 Å². The third-order valence-corrected chi connectivity index (χ3v) is 3.77. The molecule has 1 aromatic carbocycles. The van der Waals surface area contributed by atoms with Crippen molar-refractivity contribution in [2.75, 3.05) is 13.7 Å². The summed E-state index contributed by atoms with van der Waals surface area (Å²) in [7, 11) is 1.54. The highest BCUT2D eigenvalue weighted by Gasteiger charge is 2.42. The van der Waals surface area contributed by atoms with Crippen LogP contribution in [0.2, 0.25) is 0 Å². The van der Waals surface area contributed by atoms with E-state index < -0.39 is 0 Å². The van der Waals surface area contributed by atoms with Gasteiger partial charge in [-0.1, -0.05) is 13.8 Å². The minimum atomic E-state index is -0.355. The maximum Gasteiger partial charge on any atom is 0.233 e. The van der Waals surface area contributed by atoms with E-state index in [-0.39, 0.29) is 36.0 Å². The number of ether oxygens (including phenoxy) is 1. The lowest BCUT2D eigenvalue weighted by atomic mass is 10.00. The minimum Gasteiger partial charge on any atom is -0.497 e. The molecule has 0 N–H and O–H groups in total. The summed E-state index contributed by atoms with van der Waals surface area (Å²) < 4.78 is 5.01. The second kappa shape index (κ2) is 5.45. The van der Waals surface area contributed by atoms with Gasteiger partial charge >= 0.3 is 0 Å². The molecule has 1 aliphatic heterocycles. The first-order valence-corrected chi connectivity index (χ1v) is 6.48. The van der Waals surface area contributed by atoms with E-state index in [9.17, 15) is 14.4 Å². The smallest absolute Gasteiger partial charge is 0.233 e. The summed E-state index contributed by atoms with van der Waals surface area (Å²) in [5.41, 5.74) is 0.457. The molecule has 2 atom stereocenters. The summed E-state index contributed by atoms with van der Waals surface area (Å²) in [5, 5.41) is 0. The Morgan fingerprint density at radius 1 is 1.10 bits per heavy atom. The molecule has 1 saturated heterocycles. The number of nitrogens with zero attached hydrogens (tertiary/aromatic N) is 1. The normalized spacial score (nSPS) is 22.2. The Morgan fingerprint density at radius 2 is 1.60 bits per heavy atom. The van der Waals surface area contributed by atoms with Gasteiger partial charge in [-0.3, -0.25) is 19.3 Å². The van der Waals surface area contributed by atoms with Crippen LogP contribution in [0.3, 0.4) is 0 Å². The molecule has 0 bridgehead atoms. The number of carbonyl (C=O) groups excluding carboxylic acids is 3. The Bertz CT molecular complexity index is 529. The SMILES string of the molecule is COc1ccc(C(=O)CN2C(=O)C(C)C(C)C2=O)cc1. The molecule has 106 valence electrons. The largest absolute Gasteiger partial charge is 0.497 e. The van der Waals surface area contributed by atoms with Gasteiger partial charge in [0, 0.05) is 17.4 Å². The van der Waals surface area contributed by atoms with Gasteiger partial charge in [0.1, 0.15) is 5.75 Å². The highest BCUT2D eigenvalue weighted by Crippen LogP contribution is 2.25. The number of imide groups is 1. The van der Waals surface area contributed by atoms with Gasteiger partial charge in [-0.05, 0) is 24.3 Å². The van der Waals surface area contributed by atoms with Crippen LogP contribution in [0.25, 0.3) is 0 Å². The van der Waals surface area contributed by atoms with E-state index in [2.05, 4.69) is 0 Å². The van der Waals surface area contributed by atoms with Gasteiger partial charge in [0.15, 0.2) is 5.78 Å². The lowest BCUT2D eigenvalue weighted by Gasteiger charge is -2.13. The highest BCUT2D eigenvalue weighted by atomic mass is 16.5. The predicted octanol–water partition coefficient (Wildman–Crippen LogP) is 1.52. The number of carbonyl (C=O) groups is 3. The third-order valence-electron chi connectivity index (χ3n) is 3.77. The fourth-order valence-electron chi connectivity index (χ4n) is 2.20. The second-order valence-electron chi connectivity index (χ2n) is 4.99. The van der Waals surface area contributed by atoms with Gasteiger partial charge in [0.05, 0.1) is 13.7 Å². The molecule has 0 aromatic heterocycles. The van der Waals surface area contributed by atoms with Crippen molar-refractivity contribution in [3.63, 3.8) is 0 Å². The van der Waals surface area contributed by atoms with E-state index in [4.69, 9.17) is 4.74 Å². The molecule has 2 unspecified atom stereocenters. The topological polar surface area (TPSA) is 63.7 Å². The molecule has 5 heteroatoms. The summed E-state index contributed by atoms with van der Waals surface area (Å²) in [6.45, 7) is 3.23. The minimum absolute atomic E-state index is 0.196. The number of rotatable bonds is 4. The van der Waals surface area contributed by atoms with Gasteiger partial charge < -0.3 is 4.74 Å². The van der Waals surface area contributed by atoms with Crippen LogP contribution >= 0.6 is 0 Å². The van der Waals surface area contributed by atoms with Crippen molar-refractivity contribution in [1.82, 2.24) is 4.90 Å². The molecular weight excluding hydrogens is 258 g/mol. The molecule has 1 aromatic rings. The van der Waals surface area contributed by atoms with Gasteiger partial charge in [-0.15, -0.1) is 0 Å². The first kappa shape index (κ1) is 14.2. The van der Waals surface area contributed by atoms with Crippen LogP contribution < -0.4 is 4.74 Å². The summed E-state index contributed by atoms with van der Waals surface area (Å²) in [4.78, 5) is 37.0. The van der Waals surface area contributed by atoms with Crippen LogP contribution in [0.1, 0.15) is 24.2 Å². The number of likely N-dealkylation sites (tertiary alicyclic amines) is 1. The van der Waals surface area contributed by atoms with E-state index in [0.29, 0.717) is 11.3 Å². The molecule has 0 spiro atoms. The number of Topliss-reactive ketones (excluding diaryl/α,β-unsaturated/α-hetero) is 1. The van der Waals surface area contributed by atoms with E-state index in [1.807, 2.05) is 0 Å². The van der Waals surface area contributed by atoms with E-state index in [1.165, 1.54) is 0 Å². The zero-order chi connectivity index (χ0) is 14.9. The van der Waals surface area contributed by atoms with Crippen LogP contribution in [-0.4, -0.2) is 36.2 Å². The van der Waals surface area contributed by atoms with E-state index in [1.54, 1.807) is 45.2 Å². The summed E-state index contributed by atoms with van der Waals surface area (Å²) in [5.74, 6) is -0.862. The standard InChI is InChI=1S/C15H17NO4/c1-9-10(2)15(19)16(14(9)18)8-13(17)11-4-6-12(20-3)7-5-11/h4-7,9-10H,8H2,1-3H3. The maximum absolute atomic E-state index is 12.1. The molecule has 1 heterocycles. The number of hydrogen-bond donors (Lipinski definition) is 0. The summed E-state index contributed by atoms with van der Waals surface area (Å²) in [6, 6.07) is 6.59.